The van der Waals surface area contributed by atoms with Crippen molar-refractivity contribution in [1.82, 2.24) is 19.1 Å². The highest BCUT2D eigenvalue weighted by molar-refractivity contribution is 7.71. The molecular weight excluding hydrogens is 683 g/mol. The highest BCUT2D eigenvalue weighted by Crippen LogP contribution is 2.40. The van der Waals surface area contributed by atoms with Gasteiger partial charge in [-0.3, -0.25) is 28.7 Å². The number of hydrogen-bond acceptors (Lipinski definition) is 10. The van der Waals surface area contributed by atoms with Crippen LogP contribution in [0.15, 0.2) is 76.3 Å². The zero-order valence-electron chi connectivity index (χ0n) is 27.5. The number of benzene rings is 3. The molecule has 3 aromatic carbocycles. The van der Waals surface area contributed by atoms with Gasteiger partial charge in [0.25, 0.3) is 11.1 Å². The Balaban J connectivity index is 1.69. The standard InChI is InChI=1S/C35H35N5O8S2/c1-45-24-13-12-20(18-21(24)19-38-14-16-48-17-15-38)27(28-30(41)36-34(49)39(32(28)43)22-8-4-6-10-25(22)46-2)29-31(42)37-35(50)40(33(29)44)23-9-5-7-11-26(23)47-3/h4-13,18,27,43-44H,14-17,19H2,1-3H3,(H,36,41,49)(H,37,42,50). The van der Waals surface area contributed by atoms with Gasteiger partial charge in [-0.2, -0.15) is 0 Å². The number of ether oxygens (including phenoxy) is 4. The predicted molar refractivity (Wildman–Crippen MR) is 188 cm³/mol. The van der Waals surface area contributed by atoms with Crippen LogP contribution < -0.4 is 35.3 Å². The average Bonchev–Trinajstić information content (AvgIpc) is 3.11. The summed E-state index contributed by atoms with van der Waals surface area (Å²) < 4.78 is 24.4. The van der Waals surface area contributed by atoms with Crippen LogP contribution in [-0.4, -0.2) is 71.8 Å². The van der Waals surface area contributed by atoms with Gasteiger partial charge in [0.15, 0.2) is 9.54 Å². The van der Waals surface area contributed by atoms with E-state index in [2.05, 4.69) is 9.97 Å². The maximum atomic E-state index is 14.7. The van der Waals surface area contributed by atoms with Crippen LogP contribution in [0.5, 0.6) is 29.0 Å². The van der Waals surface area contributed by atoms with Gasteiger partial charge in [0.2, 0.25) is 5.88 Å². The second-order valence-electron chi connectivity index (χ2n) is 11.5. The smallest absolute Gasteiger partial charge is 0.259 e. The Kier molecular flexibility index (Phi) is 10.2. The van der Waals surface area contributed by atoms with Crippen LogP contribution in [0, 0.1) is 9.54 Å². The second kappa shape index (κ2) is 14.7. The maximum absolute atomic E-state index is 14.7. The molecule has 6 rings (SSSR count). The van der Waals surface area contributed by atoms with Crippen molar-refractivity contribution in [2.75, 3.05) is 47.6 Å². The average molecular weight is 718 g/mol. The summed E-state index contributed by atoms with van der Waals surface area (Å²) in [5.74, 6) is -1.58. The molecule has 0 spiro atoms. The zero-order chi connectivity index (χ0) is 35.5. The van der Waals surface area contributed by atoms with Crippen molar-refractivity contribution >= 4 is 24.4 Å². The van der Waals surface area contributed by atoms with Crippen LogP contribution in [0.1, 0.15) is 28.2 Å². The number of H-pyrrole nitrogens is 2. The topological polar surface area (TPSA) is 160 Å². The first-order valence-corrected chi connectivity index (χ1v) is 16.5. The van der Waals surface area contributed by atoms with Gasteiger partial charge < -0.3 is 34.1 Å². The zero-order valence-corrected chi connectivity index (χ0v) is 29.1. The van der Waals surface area contributed by atoms with Crippen molar-refractivity contribution in [3.63, 3.8) is 0 Å². The van der Waals surface area contributed by atoms with Gasteiger partial charge >= 0.3 is 0 Å². The number of quaternary nitrogens is 1. The third-order valence-corrected chi connectivity index (χ3v) is 9.30. The number of nitrogens with zero attached hydrogens (tertiary/aromatic N) is 2. The van der Waals surface area contributed by atoms with Crippen molar-refractivity contribution in [2.24, 2.45) is 0 Å². The molecule has 0 saturated carbocycles. The van der Waals surface area contributed by atoms with Gasteiger partial charge in [-0.1, -0.05) is 30.3 Å². The lowest BCUT2D eigenvalue weighted by Crippen LogP contribution is -3.12. The van der Waals surface area contributed by atoms with E-state index >= 15 is 0 Å². The van der Waals surface area contributed by atoms with Crippen LogP contribution in [0.2, 0.25) is 0 Å². The fourth-order valence-electron chi connectivity index (χ4n) is 6.35. The molecule has 1 fully saturated rings. The van der Waals surface area contributed by atoms with Crippen molar-refractivity contribution in [3.8, 4) is 40.4 Å². The summed E-state index contributed by atoms with van der Waals surface area (Å²) >= 11 is 11.0. The largest absolute Gasteiger partial charge is 0.859 e. The van der Waals surface area contributed by atoms with E-state index in [1.807, 2.05) is 0 Å². The molecule has 0 radical (unpaired) electrons. The summed E-state index contributed by atoms with van der Waals surface area (Å²) in [7, 11) is 4.46. The lowest BCUT2D eigenvalue weighted by molar-refractivity contribution is -0.921. The Labute approximate surface area is 296 Å². The number of aromatic hydroxyl groups is 1. The van der Waals surface area contributed by atoms with E-state index in [4.69, 9.17) is 43.4 Å². The normalized spacial score (nSPS) is 13.9. The molecule has 1 aliphatic rings. The molecule has 1 unspecified atom stereocenters. The summed E-state index contributed by atoms with van der Waals surface area (Å²) in [4.78, 5) is 34.5. The molecule has 1 saturated heterocycles. The third kappa shape index (κ3) is 6.43. The monoisotopic (exact) mass is 717 g/mol. The summed E-state index contributed by atoms with van der Waals surface area (Å²) in [6.45, 7) is 3.27. The number of para-hydroxylation sites is 4. The number of aromatic amines is 2. The molecule has 0 amide bonds. The number of rotatable bonds is 10. The minimum atomic E-state index is -1.42. The van der Waals surface area contributed by atoms with E-state index in [0.29, 0.717) is 48.3 Å². The SMILES string of the molecule is COc1ccc(C(c2c([O-])n(-c3ccccc3OC)c(=S)[nH]c2=O)c2c(O)n(-c3ccccc3OC)c(=S)[nH]c2=O)cc1C[NH+]1CCOCC1. The van der Waals surface area contributed by atoms with Crippen LogP contribution in [0.3, 0.4) is 0 Å². The highest BCUT2D eigenvalue weighted by Gasteiger charge is 2.32. The van der Waals surface area contributed by atoms with Gasteiger partial charge in [-0.25, -0.2) is 0 Å². The summed E-state index contributed by atoms with van der Waals surface area (Å²) in [5, 5.41) is 26.7. The molecule has 3 heterocycles. The highest BCUT2D eigenvalue weighted by atomic mass is 32.1. The minimum absolute atomic E-state index is 0.132. The Morgan fingerprint density at radius 3 is 1.96 bits per heavy atom. The number of hydrogen-bond donors (Lipinski definition) is 4. The molecule has 50 heavy (non-hydrogen) atoms. The Bertz CT molecular complexity index is 2170. The van der Waals surface area contributed by atoms with Crippen molar-refractivity contribution in [3.05, 3.63) is 119 Å². The summed E-state index contributed by atoms with van der Waals surface area (Å²) in [5.41, 5.74) is -0.584. The Morgan fingerprint density at radius 1 is 0.820 bits per heavy atom. The number of nitrogens with one attached hydrogen (secondary N) is 3. The van der Waals surface area contributed by atoms with E-state index < -0.39 is 28.8 Å². The molecule has 15 heteroatoms. The first-order chi connectivity index (χ1) is 24.2. The molecule has 0 bridgehead atoms. The van der Waals surface area contributed by atoms with E-state index in [1.165, 1.54) is 23.7 Å². The molecule has 13 nitrogen and oxygen atoms in total. The number of morpholine rings is 1. The number of aromatic nitrogens is 4. The van der Waals surface area contributed by atoms with E-state index in [-0.39, 0.29) is 26.4 Å². The van der Waals surface area contributed by atoms with E-state index in [9.17, 15) is 19.8 Å². The molecule has 5 aromatic rings. The van der Waals surface area contributed by atoms with Gasteiger partial charge in [-0.05, 0) is 72.3 Å². The molecule has 2 aromatic heterocycles. The van der Waals surface area contributed by atoms with Crippen LogP contribution >= 0.6 is 24.4 Å². The Hall–Kier alpha value is -5.22. The number of methoxy groups -OCH3 is 3. The van der Waals surface area contributed by atoms with Gasteiger partial charge in [0, 0.05) is 11.1 Å². The van der Waals surface area contributed by atoms with Crippen LogP contribution in [0.25, 0.3) is 11.4 Å². The molecular formula is C35H35N5O8S2. The molecule has 260 valence electrons. The quantitative estimate of drug-likeness (QED) is 0.158. The molecule has 4 N–H and O–H groups in total. The van der Waals surface area contributed by atoms with Crippen molar-refractivity contribution in [2.45, 2.75) is 12.5 Å². The molecule has 1 atom stereocenters. The van der Waals surface area contributed by atoms with E-state index in [0.717, 1.165) is 23.2 Å². The van der Waals surface area contributed by atoms with Crippen LogP contribution in [-0.2, 0) is 11.3 Å². The first-order valence-electron chi connectivity index (χ1n) is 15.7. The fraction of sp³-hybridized carbons (Fsp3) is 0.257. The third-order valence-electron chi connectivity index (χ3n) is 8.73. The lowest BCUT2D eigenvalue weighted by atomic mass is 9.85. The van der Waals surface area contributed by atoms with Gasteiger partial charge in [0.1, 0.15) is 36.9 Å². The minimum Gasteiger partial charge on any atom is -0.859 e. The van der Waals surface area contributed by atoms with Crippen LogP contribution in [0.4, 0.5) is 0 Å². The van der Waals surface area contributed by atoms with Crippen molar-refractivity contribution < 1.29 is 34.1 Å². The second-order valence-corrected chi connectivity index (χ2v) is 12.3. The van der Waals surface area contributed by atoms with Gasteiger partial charge in [0.05, 0.1) is 57.4 Å². The van der Waals surface area contributed by atoms with E-state index in [1.54, 1.807) is 73.8 Å². The van der Waals surface area contributed by atoms with Crippen molar-refractivity contribution in [1.29, 1.82) is 0 Å². The maximum Gasteiger partial charge on any atom is 0.259 e. The first kappa shape index (κ1) is 34.6. The Morgan fingerprint density at radius 2 is 1.36 bits per heavy atom. The summed E-state index contributed by atoms with van der Waals surface area (Å²) in [6, 6.07) is 18.6. The summed E-state index contributed by atoms with van der Waals surface area (Å²) in [6.07, 6.45) is 0. The molecule has 0 aliphatic carbocycles. The predicted octanol–water partition coefficient (Wildman–Crippen LogP) is 2.50. The lowest BCUT2D eigenvalue weighted by Gasteiger charge is -2.28. The van der Waals surface area contributed by atoms with Gasteiger partial charge in [-0.15, -0.1) is 0 Å². The molecule has 1 aliphatic heterocycles. The fourth-order valence-corrected chi connectivity index (χ4v) is 6.91.